The molecule has 5 rings (SSSR count). The van der Waals surface area contributed by atoms with Crippen LogP contribution in [0.25, 0.3) is 11.0 Å². The molecule has 4 aromatic rings. The molecule has 0 fully saturated rings. The zero-order valence-electron chi connectivity index (χ0n) is 21.9. The van der Waals surface area contributed by atoms with E-state index in [0.717, 1.165) is 11.1 Å². The van der Waals surface area contributed by atoms with Crippen molar-refractivity contribution in [3.63, 3.8) is 0 Å². The van der Waals surface area contributed by atoms with Gasteiger partial charge in [-0.05, 0) is 80.8 Å². The van der Waals surface area contributed by atoms with E-state index in [0.29, 0.717) is 33.7 Å². The summed E-state index contributed by atoms with van der Waals surface area (Å²) < 4.78 is 17.2. The first-order valence-corrected chi connectivity index (χ1v) is 12.4. The lowest BCUT2D eigenvalue weighted by molar-refractivity contribution is -0.117. The number of carbonyl (C=O) groups is 2. The number of carbonyl (C=O) groups excluding carboxylic acids is 2. The number of Topliss-reactive ketones (excluding diaryl/α,β-unsaturated/α-hetero) is 1. The van der Waals surface area contributed by atoms with Crippen LogP contribution in [0.1, 0.15) is 47.1 Å². The maximum absolute atomic E-state index is 14.0. The third kappa shape index (κ3) is 4.30. The molecule has 3 aromatic carbocycles. The number of hydrogen-bond acceptors (Lipinski definition) is 6. The Morgan fingerprint density at radius 2 is 1.76 bits per heavy atom. The molecule has 1 amide bonds. The molecular weight excluding hydrogens is 482 g/mol. The van der Waals surface area contributed by atoms with E-state index < -0.39 is 23.5 Å². The minimum atomic E-state index is -0.900. The third-order valence-electron chi connectivity index (χ3n) is 6.72. The van der Waals surface area contributed by atoms with E-state index in [2.05, 4.69) is 0 Å². The summed E-state index contributed by atoms with van der Waals surface area (Å²) in [4.78, 5) is 29.0. The lowest BCUT2D eigenvalue weighted by Crippen LogP contribution is -2.31. The number of aryl methyl sites for hydroxylation is 2. The van der Waals surface area contributed by atoms with Crippen LogP contribution < -0.4 is 14.4 Å². The molecule has 7 nitrogen and oxygen atoms in total. The van der Waals surface area contributed by atoms with E-state index in [1.807, 2.05) is 58.0 Å². The number of aliphatic hydroxyl groups is 1. The molecule has 0 saturated carbocycles. The number of fused-ring (bicyclic) bond motifs is 1. The highest BCUT2D eigenvalue weighted by Gasteiger charge is 2.45. The van der Waals surface area contributed by atoms with Gasteiger partial charge in [0.2, 0.25) is 5.78 Å². The van der Waals surface area contributed by atoms with Gasteiger partial charge in [-0.15, -0.1) is 0 Å². The second kappa shape index (κ2) is 9.74. The summed E-state index contributed by atoms with van der Waals surface area (Å²) in [7, 11) is 1.52. The molecule has 7 heteroatoms. The molecule has 2 heterocycles. The van der Waals surface area contributed by atoms with Gasteiger partial charge in [0.05, 0.1) is 24.8 Å². The zero-order valence-corrected chi connectivity index (χ0v) is 21.9. The summed E-state index contributed by atoms with van der Waals surface area (Å²) in [6.07, 6.45) is -0.0677. The molecule has 38 heavy (non-hydrogen) atoms. The molecule has 1 N–H and O–H groups in total. The van der Waals surface area contributed by atoms with Crippen molar-refractivity contribution in [2.75, 3.05) is 12.0 Å². The first-order chi connectivity index (χ1) is 18.2. The largest absolute Gasteiger partial charge is 0.503 e. The highest BCUT2D eigenvalue weighted by molar-refractivity contribution is 6.20. The summed E-state index contributed by atoms with van der Waals surface area (Å²) in [5, 5.41) is 11.8. The SMILES string of the molecule is COc1cccc2cc(C(=O)C3=C(O)C(=O)N(c4ccc(C)c(C)c4)C3c3cccc(OC(C)C)c3)oc12. The summed E-state index contributed by atoms with van der Waals surface area (Å²) >= 11 is 0. The fourth-order valence-electron chi connectivity index (χ4n) is 4.77. The molecule has 0 aliphatic carbocycles. The number of para-hydroxylation sites is 1. The van der Waals surface area contributed by atoms with E-state index >= 15 is 0 Å². The lowest BCUT2D eigenvalue weighted by Gasteiger charge is -2.27. The molecule has 0 saturated heterocycles. The summed E-state index contributed by atoms with van der Waals surface area (Å²) in [5.41, 5.74) is 3.59. The lowest BCUT2D eigenvalue weighted by atomic mass is 9.94. The maximum Gasteiger partial charge on any atom is 0.294 e. The van der Waals surface area contributed by atoms with Crippen LogP contribution in [0.15, 0.2) is 82.5 Å². The Labute approximate surface area is 220 Å². The van der Waals surface area contributed by atoms with Crippen molar-refractivity contribution in [2.24, 2.45) is 0 Å². The first kappa shape index (κ1) is 25.1. The Bertz CT molecular complexity index is 1600. The average molecular weight is 512 g/mol. The number of ketones is 1. The number of aliphatic hydroxyl groups excluding tert-OH is 1. The number of hydrogen-bond donors (Lipinski definition) is 1. The van der Waals surface area contributed by atoms with Crippen molar-refractivity contribution in [3.05, 3.63) is 101 Å². The monoisotopic (exact) mass is 511 g/mol. The van der Waals surface area contributed by atoms with Crippen LogP contribution in [0.2, 0.25) is 0 Å². The van der Waals surface area contributed by atoms with Crippen LogP contribution in [0, 0.1) is 13.8 Å². The Morgan fingerprint density at radius 1 is 1.00 bits per heavy atom. The quantitative estimate of drug-likeness (QED) is 0.280. The van der Waals surface area contributed by atoms with E-state index in [-0.39, 0.29) is 17.4 Å². The van der Waals surface area contributed by atoms with Crippen LogP contribution >= 0.6 is 0 Å². The van der Waals surface area contributed by atoms with Gasteiger partial charge in [0.25, 0.3) is 5.91 Å². The first-order valence-electron chi connectivity index (χ1n) is 12.4. The topological polar surface area (TPSA) is 89.2 Å². The van der Waals surface area contributed by atoms with Crippen LogP contribution in [-0.4, -0.2) is 30.0 Å². The standard InChI is InChI=1S/C31H29NO6/c1-17(2)37-23-10-6-8-20(15-23)27-26(28(33)25-16-21-9-7-11-24(36-5)30(21)38-25)29(34)31(35)32(27)22-13-12-18(3)19(4)14-22/h6-17,27,34H,1-5H3. The molecule has 1 aromatic heterocycles. The summed E-state index contributed by atoms with van der Waals surface area (Å²) in [6, 6.07) is 18.9. The Hall–Kier alpha value is -4.52. The van der Waals surface area contributed by atoms with Crippen molar-refractivity contribution in [1.29, 1.82) is 0 Å². The van der Waals surface area contributed by atoms with Gasteiger partial charge < -0.3 is 19.0 Å². The van der Waals surface area contributed by atoms with E-state index in [9.17, 15) is 14.7 Å². The molecule has 1 atom stereocenters. The number of ether oxygens (including phenoxy) is 2. The van der Waals surface area contributed by atoms with Gasteiger partial charge in [-0.1, -0.05) is 30.3 Å². The molecule has 1 unspecified atom stereocenters. The number of methoxy groups -OCH3 is 1. The van der Waals surface area contributed by atoms with Crippen LogP contribution in [0.4, 0.5) is 5.69 Å². The number of nitrogens with zero attached hydrogens (tertiary/aromatic N) is 1. The molecular formula is C31H29NO6. The van der Waals surface area contributed by atoms with Crippen LogP contribution in [0.5, 0.6) is 11.5 Å². The van der Waals surface area contributed by atoms with Gasteiger partial charge >= 0.3 is 0 Å². The van der Waals surface area contributed by atoms with Crippen molar-refractivity contribution in [1.82, 2.24) is 0 Å². The van der Waals surface area contributed by atoms with Crippen molar-refractivity contribution < 1.29 is 28.6 Å². The Morgan fingerprint density at radius 3 is 2.47 bits per heavy atom. The summed E-state index contributed by atoms with van der Waals surface area (Å²) in [6.45, 7) is 7.77. The van der Waals surface area contributed by atoms with Crippen molar-refractivity contribution in [3.8, 4) is 11.5 Å². The highest BCUT2D eigenvalue weighted by atomic mass is 16.5. The molecule has 194 valence electrons. The molecule has 1 aliphatic heterocycles. The van der Waals surface area contributed by atoms with Gasteiger partial charge in [0.15, 0.2) is 22.9 Å². The molecule has 0 bridgehead atoms. The van der Waals surface area contributed by atoms with E-state index in [1.165, 1.54) is 12.0 Å². The molecule has 0 radical (unpaired) electrons. The maximum atomic E-state index is 14.0. The normalized spacial score (nSPS) is 15.6. The van der Waals surface area contributed by atoms with Crippen molar-refractivity contribution >= 4 is 28.3 Å². The van der Waals surface area contributed by atoms with Crippen LogP contribution in [0.3, 0.4) is 0 Å². The highest BCUT2D eigenvalue weighted by Crippen LogP contribution is 2.43. The number of benzene rings is 3. The van der Waals surface area contributed by atoms with Gasteiger partial charge in [0, 0.05) is 11.1 Å². The Balaban J connectivity index is 1.67. The Kier molecular flexibility index (Phi) is 6.45. The average Bonchev–Trinajstić information content (AvgIpc) is 3.44. The van der Waals surface area contributed by atoms with E-state index in [4.69, 9.17) is 13.9 Å². The van der Waals surface area contributed by atoms with Gasteiger partial charge in [0.1, 0.15) is 5.75 Å². The number of anilines is 1. The smallest absolute Gasteiger partial charge is 0.294 e. The summed E-state index contributed by atoms with van der Waals surface area (Å²) in [5.74, 6) is -0.780. The fourth-order valence-corrected chi connectivity index (χ4v) is 4.77. The van der Waals surface area contributed by atoms with Crippen molar-refractivity contribution in [2.45, 2.75) is 39.8 Å². The molecule has 1 aliphatic rings. The predicted molar refractivity (Wildman–Crippen MR) is 145 cm³/mol. The minimum absolute atomic E-state index is 0.000344. The predicted octanol–water partition coefficient (Wildman–Crippen LogP) is 6.63. The van der Waals surface area contributed by atoms with E-state index in [1.54, 1.807) is 36.4 Å². The number of rotatable bonds is 7. The number of furan rings is 1. The van der Waals surface area contributed by atoms with Crippen LogP contribution in [-0.2, 0) is 4.79 Å². The molecule has 0 spiro atoms. The fraction of sp³-hybridized carbons (Fsp3) is 0.226. The van der Waals surface area contributed by atoms with Gasteiger partial charge in [-0.2, -0.15) is 0 Å². The minimum Gasteiger partial charge on any atom is -0.503 e. The van der Waals surface area contributed by atoms with Gasteiger partial charge in [-0.3, -0.25) is 14.5 Å². The third-order valence-corrected chi connectivity index (χ3v) is 6.72. The second-order valence-corrected chi connectivity index (χ2v) is 9.67. The van der Waals surface area contributed by atoms with Gasteiger partial charge in [-0.25, -0.2) is 0 Å². The zero-order chi connectivity index (χ0) is 27.1. The number of amides is 1. The second-order valence-electron chi connectivity index (χ2n) is 9.67.